The third-order valence-electron chi connectivity index (χ3n) is 3.87. The van der Waals surface area contributed by atoms with Crippen molar-refractivity contribution in [2.45, 2.75) is 64.2 Å². The molecule has 0 aliphatic carbocycles. The molecule has 1 fully saturated rings. The van der Waals surface area contributed by atoms with E-state index in [-0.39, 0.29) is 5.28 Å². The maximum atomic E-state index is 13.0. The molecular formula is C15H20ClF3N2O3. The van der Waals surface area contributed by atoms with Crippen molar-refractivity contribution in [3.63, 3.8) is 0 Å². The standard InChI is InChI=1S/C15H20ClF3N2O3/c1-9(14(2,3)24-11-6-4-5-7-22-11)23-12-10(15(17,18)19)8-20-13(16)21-12/h8-9,11H,4-7H2,1-3H3/t9?,11-/m1/s1. The Labute approximate surface area is 143 Å². The van der Waals surface area contributed by atoms with E-state index in [1.54, 1.807) is 20.8 Å². The molecule has 2 heterocycles. The van der Waals surface area contributed by atoms with Gasteiger partial charge in [0.05, 0.1) is 0 Å². The molecule has 2 rings (SSSR count). The lowest BCUT2D eigenvalue weighted by atomic mass is 10.0. The fourth-order valence-corrected chi connectivity index (χ4v) is 2.30. The zero-order valence-corrected chi connectivity index (χ0v) is 14.4. The molecular weight excluding hydrogens is 349 g/mol. The van der Waals surface area contributed by atoms with Crippen LogP contribution in [0.4, 0.5) is 13.2 Å². The van der Waals surface area contributed by atoms with Crippen LogP contribution in [0.15, 0.2) is 6.20 Å². The first-order valence-electron chi connectivity index (χ1n) is 7.65. The smallest absolute Gasteiger partial charge is 0.423 e. The predicted molar refractivity (Wildman–Crippen MR) is 80.9 cm³/mol. The van der Waals surface area contributed by atoms with Crippen molar-refractivity contribution >= 4 is 11.6 Å². The van der Waals surface area contributed by atoms with E-state index in [1.807, 2.05) is 0 Å². The molecule has 0 radical (unpaired) electrons. The molecule has 1 saturated heterocycles. The van der Waals surface area contributed by atoms with E-state index in [9.17, 15) is 13.2 Å². The van der Waals surface area contributed by atoms with Gasteiger partial charge in [0.1, 0.15) is 17.3 Å². The highest BCUT2D eigenvalue weighted by Gasteiger charge is 2.39. The van der Waals surface area contributed by atoms with Crippen LogP contribution in [-0.4, -0.2) is 34.6 Å². The maximum Gasteiger partial charge on any atom is 0.423 e. The minimum Gasteiger partial charge on any atom is -0.471 e. The first-order valence-corrected chi connectivity index (χ1v) is 8.03. The topological polar surface area (TPSA) is 53.5 Å². The van der Waals surface area contributed by atoms with Gasteiger partial charge >= 0.3 is 6.18 Å². The average molecular weight is 369 g/mol. The Morgan fingerprint density at radius 2 is 2.04 bits per heavy atom. The molecule has 0 N–H and O–H groups in total. The van der Waals surface area contributed by atoms with Crippen LogP contribution in [0, 0.1) is 0 Å². The summed E-state index contributed by atoms with van der Waals surface area (Å²) in [4.78, 5) is 6.94. The maximum absolute atomic E-state index is 13.0. The SMILES string of the molecule is CC(Oc1nc(Cl)ncc1C(F)(F)F)C(C)(C)O[C@@H]1CCCCO1. The van der Waals surface area contributed by atoms with E-state index in [1.165, 1.54) is 0 Å². The first kappa shape index (κ1) is 19.2. The van der Waals surface area contributed by atoms with Crippen LogP contribution in [0.5, 0.6) is 5.88 Å². The van der Waals surface area contributed by atoms with Gasteiger partial charge in [-0.15, -0.1) is 0 Å². The first-order chi connectivity index (χ1) is 11.1. The number of hydrogen-bond acceptors (Lipinski definition) is 5. The van der Waals surface area contributed by atoms with Gasteiger partial charge in [-0.1, -0.05) is 0 Å². The summed E-state index contributed by atoms with van der Waals surface area (Å²) in [6.45, 7) is 5.67. The summed E-state index contributed by atoms with van der Waals surface area (Å²) in [5.74, 6) is -0.615. The summed E-state index contributed by atoms with van der Waals surface area (Å²) in [6.07, 6.45) is -2.46. The molecule has 5 nitrogen and oxygen atoms in total. The average Bonchev–Trinajstić information content (AvgIpc) is 2.46. The Bertz CT molecular complexity index is 563. The molecule has 0 saturated carbocycles. The van der Waals surface area contributed by atoms with Crippen LogP contribution in [0.3, 0.4) is 0 Å². The predicted octanol–water partition coefficient (Wildman–Crippen LogP) is 4.24. The van der Waals surface area contributed by atoms with Crippen LogP contribution < -0.4 is 4.74 Å². The van der Waals surface area contributed by atoms with Gasteiger partial charge in [-0.3, -0.25) is 0 Å². The molecule has 0 bridgehead atoms. The third-order valence-corrected chi connectivity index (χ3v) is 4.05. The second kappa shape index (κ2) is 7.41. The molecule has 24 heavy (non-hydrogen) atoms. The molecule has 1 aliphatic rings. The Hall–Kier alpha value is -1.12. The Morgan fingerprint density at radius 3 is 2.62 bits per heavy atom. The monoisotopic (exact) mass is 368 g/mol. The lowest BCUT2D eigenvalue weighted by Crippen LogP contribution is -2.45. The van der Waals surface area contributed by atoms with Gasteiger partial charge < -0.3 is 14.2 Å². The Balaban J connectivity index is 2.12. The van der Waals surface area contributed by atoms with Gasteiger partial charge in [-0.25, -0.2) is 4.98 Å². The molecule has 1 aromatic rings. The summed E-state index contributed by atoms with van der Waals surface area (Å²) in [5.41, 5.74) is -1.97. The van der Waals surface area contributed by atoms with Gasteiger partial charge in [0.25, 0.3) is 0 Å². The number of hydrogen-bond donors (Lipinski definition) is 0. The third kappa shape index (κ3) is 4.94. The molecule has 1 aliphatic heterocycles. The van der Waals surface area contributed by atoms with Gasteiger partial charge in [0.15, 0.2) is 6.29 Å². The number of nitrogens with zero attached hydrogens (tertiary/aromatic N) is 2. The van der Waals surface area contributed by atoms with Crippen LogP contribution in [0.2, 0.25) is 5.28 Å². The van der Waals surface area contributed by atoms with Gasteiger partial charge in [-0.2, -0.15) is 18.2 Å². The van der Waals surface area contributed by atoms with Gasteiger partial charge in [0.2, 0.25) is 11.2 Å². The molecule has 1 unspecified atom stereocenters. The molecule has 136 valence electrons. The quantitative estimate of drug-likeness (QED) is 0.728. The van der Waals surface area contributed by atoms with Crippen molar-refractivity contribution in [2.75, 3.05) is 6.61 Å². The van der Waals surface area contributed by atoms with E-state index in [0.29, 0.717) is 12.8 Å². The lowest BCUT2D eigenvalue weighted by molar-refractivity contribution is -0.234. The number of halogens is 4. The minimum absolute atomic E-state index is 0.320. The van der Waals surface area contributed by atoms with Gasteiger partial charge in [-0.05, 0) is 51.6 Å². The largest absolute Gasteiger partial charge is 0.471 e. The summed E-state index contributed by atoms with van der Waals surface area (Å²) in [5, 5.41) is -0.320. The minimum atomic E-state index is -4.64. The van der Waals surface area contributed by atoms with Crippen LogP contribution >= 0.6 is 11.6 Å². The number of ether oxygens (including phenoxy) is 3. The molecule has 9 heteroatoms. The van der Waals surface area contributed by atoms with Crippen molar-refractivity contribution in [2.24, 2.45) is 0 Å². The zero-order chi connectivity index (χ0) is 18.0. The molecule has 0 amide bonds. The van der Waals surface area contributed by atoms with Crippen molar-refractivity contribution in [1.29, 1.82) is 0 Å². The van der Waals surface area contributed by atoms with Crippen LogP contribution in [-0.2, 0) is 15.7 Å². The van der Waals surface area contributed by atoms with Gasteiger partial charge in [0, 0.05) is 12.8 Å². The fourth-order valence-electron chi connectivity index (χ4n) is 2.18. The van der Waals surface area contributed by atoms with E-state index in [4.69, 9.17) is 25.8 Å². The number of aromatic nitrogens is 2. The summed E-state index contributed by atoms with van der Waals surface area (Å²) in [7, 11) is 0. The van der Waals surface area contributed by atoms with E-state index in [0.717, 1.165) is 19.3 Å². The Kier molecular flexibility index (Phi) is 5.93. The van der Waals surface area contributed by atoms with Crippen molar-refractivity contribution < 1.29 is 27.4 Å². The van der Waals surface area contributed by atoms with Crippen molar-refractivity contribution in [3.8, 4) is 5.88 Å². The normalized spacial score (nSPS) is 20.7. The highest BCUT2D eigenvalue weighted by molar-refractivity contribution is 6.28. The van der Waals surface area contributed by atoms with E-state index >= 15 is 0 Å². The second-order valence-corrected chi connectivity index (χ2v) is 6.47. The lowest BCUT2D eigenvalue weighted by Gasteiger charge is -2.36. The van der Waals surface area contributed by atoms with E-state index < -0.39 is 35.6 Å². The second-order valence-electron chi connectivity index (χ2n) is 6.13. The zero-order valence-electron chi connectivity index (χ0n) is 13.7. The Morgan fingerprint density at radius 1 is 1.33 bits per heavy atom. The number of alkyl halides is 3. The molecule has 0 aromatic carbocycles. The highest BCUT2D eigenvalue weighted by Crippen LogP contribution is 2.36. The van der Waals surface area contributed by atoms with Crippen molar-refractivity contribution in [1.82, 2.24) is 9.97 Å². The fraction of sp³-hybridized carbons (Fsp3) is 0.733. The summed E-state index contributed by atoms with van der Waals surface area (Å²) >= 11 is 5.60. The number of rotatable bonds is 5. The molecule has 2 atom stereocenters. The molecule has 0 spiro atoms. The summed E-state index contributed by atoms with van der Waals surface area (Å²) < 4.78 is 55.9. The van der Waals surface area contributed by atoms with Crippen LogP contribution in [0.25, 0.3) is 0 Å². The highest BCUT2D eigenvalue weighted by atomic mass is 35.5. The summed E-state index contributed by atoms with van der Waals surface area (Å²) in [6, 6.07) is 0. The molecule has 1 aromatic heterocycles. The van der Waals surface area contributed by atoms with E-state index in [2.05, 4.69) is 9.97 Å². The van der Waals surface area contributed by atoms with Crippen LogP contribution in [0.1, 0.15) is 45.6 Å². The van der Waals surface area contributed by atoms with Crippen molar-refractivity contribution in [3.05, 3.63) is 17.0 Å².